The summed E-state index contributed by atoms with van der Waals surface area (Å²) in [6, 6.07) is 9.96. The molecule has 11 heteroatoms. The lowest BCUT2D eigenvalue weighted by atomic mass is 10.1. The van der Waals surface area contributed by atoms with Gasteiger partial charge in [-0.2, -0.15) is 0 Å². The third-order valence-electron chi connectivity index (χ3n) is 5.82. The zero-order chi connectivity index (χ0) is 26.6. The number of benzene rings is 1. The Hall–Kier alpha value is -0.910. The van der Waals surface area contributed by atoms with Crippen LogP contribution in [0.25, 0.3) is 5.69 Å². The molecule has 4 rings (SSSR count). The monoisotopic (exact) mass is 789 g/mol. The Morgan fingerprint density at radius 1 is 1.08 bits per heavy atom. The quantitative estimate of drug-likeness (QED) is 0.0905. The third kappa shape index (κ3) is 8.80. The van der Waals surface area contributed by atoms with Crippen molar-refractivity contribution in [3.8, 4) is 35.1 Å². The zero-order valence-corrected chi connectivity index (χ0v) is 27.9. The first-order chi connectivity index (χ1) is 18.7. The summed E-state index contributed by atoms with van der Waals surface area (Å²) in [6.07, 6.45) is 8.61. The molecule has 0 saturated heterocycles. The highest BCUT2D eigenvalue weighted by Gasteiger charge is 2.24. The molecule has 2 heterocycles. The smallest absolute Gasteiger partial charge is 0.174 e. The summed E-state index contributed by atoms with van der Waals surface area (Å²) in [5, 5.41) is 1.49. The van der Waals surface area contributed by atoms with Crippen LogP contribution in [-0.4, -0.2) is 33.0 Å². The van der Waals surface area contributed by atoms with Crippen molar-refractivity contribution in [3.05, 3.63) is 65.2 Å². The van der Waals surface area contributed by atoms with Gasteiger partial charge in [0.1, 0.15) is 31.3 Å². The fourth-order valence-electron chi connectivity index (χ4n) is 4.05. The van der Waals surface area contributed by atoms with E-state index < -0.39 is 0 Å². The second kappa shape index (κ2) is 16.4. The summed E-state index contributed by atoms with van der Waals surface area (Å²) < 4.78 is 19.3. The molecule has 0 N–H and O–H groups in total. The molecule has 2 atom stereocenters. The van der Waals surface area contributed by atoms with E-state index in [1.807, 2.05) is 55.2 Å². The minimum atomic E-state index is 0.320. The van der Waals surface area contributed by atoms with E-state index in [-0.39, 0.29) is 0 Å². The molecule has 3 aromatic rings. The van der Waals surface area contributed by atoms with Crippen LogP contribution >= 0.6 is 68.7 Å². The molecule has 0 aliphatic heterocycles. The van der Waals surface area contributed by atoms with E-state index >= 15 is 0 Å². The molecule has 1 aromatic carbocycles. The lowest BCUT2D eigenvalue weighted by Gasteiger charge is -2.14. The topological polar surface area (TPSA) is 58.4 Å². The molecule has 0 radical (unpaired) electrons. The maximum Gasteiger partial charge on any atom is 0.174 e. The van der Waals surface area contributed by atoms with Gasteiger partial charge in [0.05, 0.1) is 30.5 Å². The molecular formula is C27H27I2N3O3P2S. The minimum absolute atomic E-state index is 0.320. The highest BCUT2D eigenvalue weighted by Crippen LogP contribution is 2.36. The Labute approximate surface area is 258 Å². The molecule has 0 spiro atoms. The molecule has 6 nitrogen and oxygen atoms in total. The molecule has 1 saturated carbocycles. The van der Waals surface area contributed by atoms with Crippen LogP contribution in [0.5, 0.6) is 5.75 Å². The van der Waals surface area contributed by atoms with Gasteiger partial charge in [-0.25, -0.2) is 4.98 Å². The van der Waals surface area contributed by atoms with Gasteiger partial charge in [-0.05, 0) is 106 Å². The number of imidazole rings is 1. The van der Waals surface area contributed by atoms with E-state index in [1.54, 1.807) is 6.20 Å². The highest BCUT2D eigenvalue weighted by atomic mass is 127. The molecule has 1 aliphatic carbocycles. The van der Waals surface area contributed by atoms with Crippen molar-refractivity contribution in [3.63, 3.8) is 0 Å². The molecule has 0 bridgehead atoms. The largest absolute Gasteiger partial charge is 0.487 e. The number of rotatable bonds is 10. The molecule has 2 unspecified atom stereocenters. The van der Waals surface area contributed by atoms with Crippen LogP contribution in [0.2, 0.25) is 0 Å². The lowest BCUT2D eigenvalue weighted by Crippen LogP contribution is -2.08. The fourth-order valence-corrected chi connectivity index (χ4v) is 6.57. The Balaban J connectivity index is 1.64. The first-order valence-electron chi connectivity index (χ1n) is 12.0. The maximum atomic E-state index is 6.32. The molecular weight excluding hydrogens is 762 g/mol. The molecule has 2 aromatic heterocycles. The zero-order valence-electron chi connectivity index (χ0n) is 20.8. The second-order valence-corrected chi connectivity index (χ2v) is 13.2. The summed E-state index contributed by atoms with van der Waals surface area (Å²) in [7, 11) is 0. The number of thioether (sulfide) groups is 1. The minimum Gasteiger partial charge on any atom is -0.487 e. The summed E-state index contributed by atoms with van der Waals surface area (Å²) in [6.45, 7) is 3.96. The van der Waals surface area contributed by atoms with E-state index in [2.05, 4.69) is 77.3 Å². The number of aromatic nitrogens is 3. The van der Waals surface area contributed by atoms with Crippen molar-refractivity contribution in [1.29, 1.82) is 0 Å². The van der Waals surface area contributed by atoms with Crippen LogP contribution < -0.4 is 4.74 Å². The Kier molecular flexibility index (Phi) is 13.0. The van der Waals surface area contributed by atoms with Gasteiger partial charge in [0.15, 0.2) is 5.16 Å². The van der Waals surface area contributed by atoms with Crippen LogP contribution in [0, 0.1) is 30.6 Å². The molecule has 1 fully saturated rings. The number of aryl methyl sites for hydroxylation is 1. The van der Waals surface area contributed by atoms with Gasteiger partial charge in [0.25, 0.3) is 0 Å². The molecule has 38 heavy (non-hydrogen) atoms. The van der Waals surface area contributed by atoms with E-state index in [0.29, 0.717) is 43.7 Å². The predicted octanol–water partition coefficient (Wildman–Crippen LogP) is 7.81. The molecule has 1 aliphatic rings. The van der Waals surface area contributed by atoms with E-state index in [4.69, 9.17) is 18.8 Å². The number of hydrogen-bond donors (Lipinski definition) is 0. The van der Waals surface area contributed by atoms with Gasteiger partial charge in [-0.3, -0.25) is 9.55 Å². The van der Waals surface area contributed by atoms with Crippen molar-refractivity contribution in [1.82, 2.24) is 14.5 Å². The van der Waals surface area contributed by atoms with Gasteiger partial charge in [0, 0.05) is 17.0 Å². The van der Waals surface area contributed by atoms with Crippen LogP contribution in [0.3, 0.4) is 0 Å². The van der Waals surface area contributed by atoms with Gasteiger partial charge in [-0.15, -0.1) is 0 Å². The molecule has 0 amide bonds. The van der Waals surface area contributed by atoms with Gasteiger partial charge < -0.3 is 13.8 Å². The lowest BCUT2D eigenvalue weighted by molar-refractivity contribution is 0.297. The Morgan fingerprint density at radius 3 is 2.53 bits per heavy atom. The Bertz CT molecular complexity index is 1330. The van der Waals surface area contributed by atoms with Gasteiger partial charge in [-0.1, -0.05) is 42.4 Å². The van der Waals surface area contributed by atoms with Crippen molar-refractivity contribution < 1.29 is 13.8 Å². The van der Waals surface area contributed by atoms with Crippen molar-refractivity contribution in [2.24, 2.45) is 0 Å². The van der Waals surface area contributed by atoms with Gasteiger partial charge in [0.2, 0.25) is 0 Å². The average Bonchev–Trinajstić information content (AvgIpc) is 3.57. The highest BCUT2D eigenvalue weighted by molar-refractivity contribution is 14.2. The number of halogens is 2. The standard InChI is InChI=1S/C27H27I2N3O3P2S/c1-20-17-23(13-12-21(20)7-5-15-34-36-28)33-19-26-25(11-6-16-35-37-29)31-27(38-24-9-2-3-10-24)32(26)22-8-4-14-30-18-22/h4,8,12-14,17-18,24,36-37H,2-3,9-10,15-16,19H2,1H3. The average molecular weight is 789 g/mol. The number of ether oxygens (including phenoxy) is 1. The summed E-state index contributed by atoms with van der Waals surface area (Å²) in [5.41, 5.74) is 4.59. The second-order valence-electron chi connectivity index (χ2n) is 8.36. The first kappa shape index (κ1) is 30.1. The van der Waals surface area contributed by atoms with Crippen LogP contribution in [0.1, 0.15) is 48.2 Å². The SMILES string of the molecule is Cc1cc(OCc2c(C#CCOPI)nc(SC3CCCC3)n2-c2cccnc2)ccc1C#CCOPI. The summed E-state index contributed by atoms with van der Waals surface area (Å²) in [5.74, 6) is 13.4. The number of hydrogen-bond acceptors (Lipinski definition) is 6. The summed E-state index contributed by atoms with van der Waals surface area (Å²) >= 11 is 6.23. The van der Waals surface area contributed by atoms with Crippen LogP contribution in [0.15, 0.2) is 47.9 Å². The summed E-state index contributed by atoms with van der Waals surface area (Å²) in [4.78, 5) is 9.37. The fraction of sp³-hybridized carbons (Fsp3) is 0.333. The van der Waals surface area contributed by atoms with Crippen molar-refractivity contribution in [2.75, 3.05) is 13.2 Å². The van der Waals surface area contributed by atoms with E-state index in [1.165, 1.54) is 25.7 Å². The van der Waals surface area contributed by atoms with Crippen molar-refractivity contribution in [2.45, 2.75) is 49.6 Å². The predicted molar refractivity (Wildman–Crippen MR) is 175 cm³/mol. The van der Waals surface area contributed by atoms with E-state index in [9.17, 15) is 0 Å². The van der Waals surface area contributed by atoms with Crippen molar-refractivity contribution >= 4 is 68.7 Å². The van der Waals surface area contributed by atoms with E-state index in [0.717, 1.165) is 33.4 Å². The number of nitrogens with zero attached hydrogens (tertiary/aromatic N) is 3. The normalized spacial score (nSPS) is 13.7. The third-order valence-corrected chi connectivity index (χ3v) is 9.49. The first-order valence-corrected chi connectivity index (χ1v) is 21.0. The maximum absolute atomic E-state index is 6.32. The number of pyridine rings is 1. The van der Waals surface area contributed by atoms with Crippen LogP contribution in [-0.2, 0) is 15.7 Å². The van der Waals surface area contributed by atoms with Gasteiger partial charge >= 0.3 is 0 Å². The Morgan fingerprint density at radius 2 is 1.84 bits per heavy atom. The van der Waals surface area contributed by atoms with Crippen LogP contribution in [0.4, 0.5) is 0 Å². The molecule has 198 valence electrons.